The molecule has 1 saturated carbocycles. The molecule has 6 nitrogen and oxygen atoms in total. The Labute approximate surface area is 192 Å². The maximum absolute atomic E-state index is 12.7. The summed E-state index contributed by atoms with van der Waals surface area (Å²) < 4.78 is 5.17. The molecular formula is C26H39N3O3. The molecule has 2 bridgehead atoms. The van der Waals surface area contributed by atoms with Gasteiger partial charge in [0, 0.05) is 44.4 Å². The molecule has 2 N–H and O–H groups in total. The van der Waals surface area contributed by atoms with Crippen molar-refractivity contribution in [3.8, 4) is 0 Å². The summed E-state index contributed by atoms with van der Waals surface area (Å²) in [6.07, 6.45) is 11.1. The highest BCUT2D eigenvalue weighted by atomic mass is 16.5. The van der Waals surface area contributed by atoms with Crippen LogP contribution in [-0.2, 0) is 9.53 Å². The Balaban J connectivity index is 1.36. The van der Waals surface area contributed by atoms with Gasteiger partial charge in [0.25, 0.3) is 0 Å². The number of nitrogens with zero attached hydrogens (tertiary/aromatic N) is 2. The predicted octanol–water partition coefficient (Wildman–Crippen LogP) is 3.55. The number of fused-ring (bicyclic) bond motifs is 2. The van der Waals surface area contributed by atoms with Gasteiger partial charge in [-0.15, -0.1) is 0 Å². The van der Waals surface area contributed by atoms with E-state index in [4.69, 9.17) is 10.5 Å². The summed E-state index contributed by atoms with van der Waals surface area (Å²) >= 11 is 0. The lowest BCUT2D eigenvalue weighted by atomic mass is 9.84. The zero-order chi connectivity index (χ0) is 22.5. The molecule has 3 atom stereocenters. The van der Waals surface area contributed by atoms with Crippen molar-refractivity contribution in [1.29, 1.82) is 0 Å². The molecule has 32 heavy (non-hydrogen) atoms. The van der Waals surface area contributed by atoms with Crippen molar-refractivity contribution in [2.24, 2.45) is 11.7 Å². The van der Waals surface area contributed by atoms with Gasteiger partial charge in [-0.05, 0) is 68.1 Å². The highest BCUT2D eigenvalue weighted by Gasteiger charge is 2.41. The number of ether oxygens (including phenoxy) is 1. The van der Waals surface area contributed by atoms with Crippen molar-refractivity contribution in [2.75, 3.05) is 33.4 Å². The van der Waals surface area contributed by atoms with E-state index >= 15 is 0 Å². The van der Waals surface area contributed by atoms with Crippen LogP contribution < -0.4 is 5.73 Å². The first kappa shape index (κ1) is 23.2. The first-order chi connectivity index (χ1) is 15.5. The third-order valence-corrected chi connectivity index (χ3v) is 7.98. The number of hydrogen-bond acceptors (Lipinski definition) is 4. The van der Waals surface area contributed by atoms with Crippen molar-refractivity contribution >= 4 is 11.8 Å². The predicted molar refractivity (Wildman–Crippen MR) is 125 cm³/mol. The van der Waals surface area contributed by atoms with Gasteiger partial charge in [0.15, 0.2) is 0 Å². The summed E-state index contributed by atoms with van der Waals surface area (Å²) in [5.74, 6) is 0.899. The van der Waals surface area contributed by atoms with Gasteiger partial charge in [-0.1, -0.05) is 31.4 Å². The molecule has 4 rings (SSSR count). The summed E-state index contributed by atoms with van der Waals surface area (Å²) in [6, 6.07) is 9.00. The van der Waals surface area contributed by atoms with Crippen molar-refractivity contribution in [1.82, 2.24) is 9.80 Å². The van der Waals surface area contributed by atoms with E-state index in [9.17, 15) is 9.59 Å². The number of benzene rings is 1. The lowest BCUT2D eigenvalue weighted by Crippen LogP contribution is -2.48. The molecule has 2 aliphatic heterocycles. The number of rotatable bonds is 9. The van der Waals surface area contributed by atoms with Crippen molar-refractivity contribution in [3.63, 3.8) is 0 Å². The third kappa shape index (κ3) is 5.52. The average Bonchev–Trinajstić information content (AvgIpc) is 3.04. The Kier molecular flexibility index (Phi) is 7.84. The molecule has 6 heteroatoms. The van der Waals surface area contributed by atoms with Crippen LogP contribution in [0.2, 0.25) is 0 Å². The quantitative estimate of drug-likeness (QED) is 0.636. The second-order valence-corrected chi connectivity index (χ2v) is 10.1. The molecular weight excluding hydrogens is 402 g/mol. The van der Waals surface area contributed by atoms with E-state index in [-0.39, 0.29) is 18.4 Å². The Morgan fingerprint density at radius 3 is 2.47 bits per heavy atom. The molecule has 1 aliphatic carbocycles. The van der Waals surface area contributed by atoms with Gasteiger partial charge >= 0.3 is 0 Å². The van der Waals surface area contributed by atoms with E-state index in [1.165, 1.54) is 50.5 Å². The van der Waals surface area contributed by atoms with E-state index < -0.39 is 0 Å². The van der Waals surface area contributed by atoms with Crippen molar-refractivity contribution in [3.05, 3.63) is 35.4 Å². The zero-order valence-electron chi connectivity index (χ0n) is 19.5. The maximum atomic E-state index is 12.7. The molecule has 2 saturated heterocycles. The Hall–Kier alpha value is -1.92. The topological polar surface area (TPSA) is 75.9 Å². The molecule has 2 heterocycles. The number of carbonyl (C=O) groups excluding carboxylic acids is 2. The largest absolute Gasteiger partial charge is 0.375 e. The van der Waals surface area contributed by atoms with Crippen LogP contribution in [0.5, 0.6) is 0 Å². The average molecular weight is 442 g/mol. The highest BCUT2D eigenvalue weighted by Crippen LogP contribution is 2.43. The van der Waals surface area contributed by atoms with Crippen LogP contribution in [0.3, 0.4) is 0 Å². The van der Waals surface area contributed by atoms with E-state index in [0.29, 0.717) is 29.5 Å². The van der Waals surface area contributed by atoms with E-state index in [0.717, 1.165) is 32.5 Å². The minimum atomic E-state index is -0.356. The van der Waals surface area contributed by atoms with Gasteiger partial charge in [-0.3, -0.25) is 14.5 Å². The second kappa shape index (κ2) is 10.8. The molecule has 3 aliphatic rings. The molecule has 176 valence electrons. The Morgan fingerprint density at radius 1 is 1.09 bits per heavy atom. The molecule has 0 aromatic heterocycles. The fourth-order valence-electron chi connectivity index (χ4n) is 6.31. The van der Waals surface area contributed by atoms with Crippen molar-refractivity contribution < 1.29 is 14.3 Å². The molecule has 1 unspecified atom stereocenters. The summed E-state index contributed by atoms with van der Waals surface area (Å²) in [4.78, 5) is 29.1. The number of hydrogen-bond donors (Lipinski definition) is 1. The van der Waals surface area contributed by atoms with Crippen LogP contribution in [0.25, 0.3) is 0 Å². The molecule has 0 spiro atoms. The number of carbonyl (C=O) groups is 2. The zero-order valence-corrected chi connectivity index (χ0v) is 19.5. The SMILES string of the molecule is COCC(=O)N(CCN1[C@@H]2CC[C@H]1CC(c1cccc(C(N)=O)c1)C2)CC1CCCCC1. The minimum Gasteiger partial charge on any atom is -0.375 e. The van der Waals surface area contributed by atoms with Crippen LogP contribution in [0, 0.1) is 5.92 Å². The standard InChI is InChI=1S/C26H39N3O3/c1-32-18-25(30)28(17-19-6-3-2-4-7-19)12-13-29-23-10-11-24(29)16-22(15-23)20-8-5-9-21(14-20)26(27)31/h5,8-9,14,19,22-24H,2-4,6-7,10-13,15-18H2,1H3,(H2,27,31)/t22?,23-,24+. The van der Waals surface area contributed by atoms with Gasteiger partial charge < -0.3 is 15.4 Å². The number of amides is 2. The normalized spacial score (nSPS) is 26.2. The second-order valence-electron chi connectivity index (χ2n) is 10.1. The molecule has 3 fully saturated rings. The highest BCUT2D eigenvalue weighted by molar-refractivity contribution is 5.92. The van der Waals surface area contributed by atoms with E-state index in [2.05, 4.69) is 15.9 Å². The van der Waals surface area contributed by atoms with Crippen LogP contribution in [-0.4, -0.2) is 67.0 Å². The van der Waals surface area contributed by atoms with E-state index in [1.807, 2.05) is 12.1 Å². The Morgan fingerprint density at radius 2 is 1.81 bits per heavy atom. The monoisotopic (exact) mass is 441 g/mol. The lowest BCUT2D eigenvalue weighted by Gasteiger charge is -2.40. The summed E-state index contributed by atoms with van der Waals surface area (Å²) in [6.45, 7) is 2.81. The molecule has 2 amide bonds. The number of nitrogens with two attached hydrogens (primary N) is 1. The fourth-order valence-corrected chi connectivity index (χ4v) is 6.31. The van der Waals surface area contributed by atoms with Crippen LogP contribution in [0.1, 0.15) is 79.6 Å². The summed E-state index contributed by atoms with van der Waals surface area (Å²) in [5.41, 5.74) is 7.34. The van der Waals surface area contributed by atoms with Gasteiger partial charge in [-0.25, -0.2) is 0 Å². The summed E-state index contributed by atoms with van der Waals surface area (Å²) in [5, 5.41) is 0. The van der Waals surface area contributed by atoms with Gasteiger partial charge in [-0.2, -0.15) is 0 Å². The number of methoxy groups -OCH3 is 1. The lowest BCUT2D eigenvalue weighted by molar-refractivity contribution is -0.136. The van der Waals surface area contributed by atoms with Crippen LogP contribution in [0.4, 0.5) is 0 Å². The molecule has 1 aromatic carbocycles. The van der Waals surface area contributed by atoms with Crippen molar-refractivity contribution in [2.45, 2.75) is 75.8 Å². The van der Waals surface area contributed by atoms with Crippen LogP contribution >= 0.6 is 0 Å². The first-order valence-corrected chi connectivity index (χ1v) is 12.5. The van der Waals surface area contributed by atoms with Gasteiger partial charge in [0.05, 0.1) is 0 Å². The van der Waals surface area contributed by atoms with Gasteiger partial charge in [0.1, 0.15) is 6.61 Å². The minimum absolute atomic E-state index is 0.128. The first-order valence-electron chi connectivity index (χ1n) is 12.5. The Bertz CT molecular complexity index is 778. The van der Waals surface area contributed by atoms with E-state index in [1.54, 1.807) is 13.2 Å². The van der Waals surface area contributed by atoms with Gasteiger partial charge in [0.2, 0.25) is 11.8 Å². The molecule has 1 aromatic rings. The number of primary amides is 1. The van der Waals surface area contributed by atoms with Crippen LogP contribution in [0.15, 0.2) is 24.3 Å². The summed E-state index contributed by atoms with van der Waals surface area (Å²) in [7, 11) is 1.61. The molecule has 0 radical (unpaired) electrons. The maximum Gasteiger partial charge on any atom is 0.248 e. The smallest absolute Gasteiger partial charge is 0.248 e. The fraction of sp³-hybridized carbons (Fsp3) is 0.692. The third-order valence-electron chi connectivity index (χ3n) is 7.98. The number of piperidine rings is 1.